The molecule has 0 unspecified atom stereocenters. The van der Waals surface area contributed by atoms with E-state index in [2.05, 4.69) is 17.9 Å². The van der Waals surface area contributed by atoms with Gasteiger partial charge in [0.1, 0.15) is 5.78 Å². The first-order chi connectivity index (χ1) is 9.11. The Morgan fingerprint density at radius 3 is 2.95 bits per heavy atom. The third-order valence-corrected chi connectivity index (χ3v) is 4.72. The summed E-state index contributed by atoms with van der Waals surface area (Å²) >= 11 is 0. The molecule has 2 aliphatic carbocycles. The molecule has 0 aromatic rings. The Morgan fingerprint density at radius 1 is 1.42 bits per heavy atom. The van der Waals surface area contributed by atoms with Crippen molar-refractivity contribution >= 4 is 5.78 Å². The van der Waals surface area contributed by atoms with Gasteiger partial charge < -0.3 is 5.11 Å². The highest BCUT2D eigenvalue weighted by Crippen LogP contribution is 2.46. The van der Waals surface area contributed by atoms with Crippen LogP contribution in [-0.4, -0.2) is 17.0 Å². The topological polar surface area (TPSA) is 37.3 Å². The van der Waals surface area contributed by atoms with Crippen molar-refractivity contribution in [1.82, 2.24) is 0 Å². The Bertz CT molecular complexity index is 413. The maximum absolute atomic E-state index is 11.5. The van der Waals surface area contributed by atoms with Crippen LogP contribution >= 0.6 is 0 Å². The molecule has 104 valence electrons. The van der Waals surface area contributed by atoms with Crippen molar-refractivity contribution in [3.8, 4) is 11.8 Å². The normalized spacial score (nSPS) is 33.0. The molecule has 5 atom stereocenters. The average Bonchev–Trinajstić information content (AvgIpc) is 2.92. The zero-order valence-electron chi connectivity index (χ0n) is 11.9. The number of carbonyl (C=O) groups excluding carboxylic acids is 1. The molecule has 0 saturated heterocycles. The first-order valence-electron chi connectivity index (χ1n) is 7.39. The minimum Gasteiger partial charge on any atom is -0.389 e. The molecule has 0 radical (unpaired) electrons. The summed E-state index contributed by atoms with van der Waals surface area (Å²) in [5.74, 6) is 8.13. The maximum Gasteiger partial charge on any atom is 0.133 e. The molecule has 0 heterocycles. The third-order valence-electron chi connectivity index (χ3n) is 4.72. The van der Waals surface area contributed by atoms with Crippen LogP contribution in [-0.2, 0) is 4.79 Å². The first-order valence-corrected chi connectivity index (χ1v) is 7.39. The number of carbonyl (C=O) groups is 1. The molecule has 2 saturated carbocycles. The van der Waals surface area contributed by atoms with Crippen molar-refractivity contribution in [2.45, 2.75) is 52.1 Å². The predicted molar refractivity (Wildman–Crippen MR) is 76.3 cm³/mol. The van der Waals surface area contributed by atoms with E-state index in [9.17, 15) is 9.90 Å². The van der Waals surface area contributed by atoms with E-state index in [1.165, 1.54) is 12.8 Å². The molecule has 0 spiro atoms. The van der Waals surface area contributed by atoms with E-state index in [4.69, 9.17) is 0 Å². The van der Waals surface area contributed by atoms with E-state index >= 15 is 0 Å². The largest absolute Gasteiger partial charge is 0.389 e. The number of Topliss-reactive ketones (excluding diaryl/α,β-unsaturated/α-hetero) is 1. The Balaban J connectivity index is 1.87. The number of hydrogen-bond acceptors (Lipinski definition) is 2. The summed E-state index contributed by atoms with van der Waals surface area (Å²) < 4.78 is 0. The highest BCUT2D eigenvalue weighted by molar-refractivity contribution is 5.81. The fourth-order valence-electron chi connectivity index (χ4n) is 3.46. The summed E-state index contributed by atoms with van der Waals surface area (Å²) in [5.41, 5.74) is 0. The molecule has 2 nitrogen and oxygen atoms in total. The summed E-state index contributed by atoms with van der Waals surface area (Å²) in [6.45, 7) is 3.85. The van der Waals surface area contributed by atoms with E-state index in [0.717, 1.165) is 19.3 Å². The minimum absolute atomic E-state index is 0.172. The van der Waals surface area contributed by atoms with Gasteiger partial charge in [0, 0.05) is 19.3 Å². The van der Waals surface area contributed by atoms with Crippen molar-refractivity contribution in [2.24, 2.45) is 23.7 Å². The number of rotatable bonds is 4. The highest BCUT2D eigenvalue weighted by Gasteiger charge is 2.41. The van der Waals surface area contributed by atoms with Crippen LogP contribution in [0.5, 0.6) is 0 Å². The molecule has 0 aliphatic heterocycles. The van der Waals surface area contributed by atoms with Gasteiger partial charge in [0.05, 0.1) is 6.10 Å². The first kappa shape index (κ1) is 14.3. The van der Waals surface area contributed by atoms with E-state index < -0.39 is 6.10 Å². The van der Waals surface area contributed by atoms with Crippen LogP contribution in [0.1, 0.15) is 46.0 Å². The quantitative estimate of drug-likeness (QED) is 0.623. The molecule has 0 amide bonds. The number of ketones is 1. The lowest BCUT2D eigenvalue weighted by atomic mass is 9.90. The SMILES string of the molecule is CC#CC[C@H](C)[C@H](O)/C=C/[C@H]1CC[C@@H]2CC(=O)C[C@@H]21. The molecule has 2 aliphatic rings. The standard InChI is InChI=1S/C17H24O2/c1-3-4-5-12(2)17(19)9-8-13-6-7-14-10-15(18)11-16(13)14/h8-9,12-14,16-17,19H,5-7,10-11H2,1-2H3/b9-8+/t12-,13+,14+,16+,17+/m0/s1. The molecule has 19 heavy (non-hydrogen) atoms. The van der Waals surface area contributed by atoms with Gasteiger partial charge in [0.2, 0.25) is 0 Å². The van der Waals surface area contributed by atoms with E-state index in [1.807, 2.05) is 19.9 Å². The maximum atomic E-state index is 11.5. The van der Waals surface area contributed by atoms with Crippen LogP contribution < -0.4 is 0 Å². The number of fused-ring (bicyclic) bond motifs is 1. The van der Waals surface area contributed by atoms with Gasteiger partial charge >= 0.3 is 0 Å². The Morgan fingerprint density at radius 2 is 2.21 bits per heavy atom. The van der Waals surface area contributed by atoms with Crippen molar-refractivity contribution in [3.05, 3.63) is 12.2 Å². The summed E-state index contributed by atoms with van der Waals surface area (Å²) in [4.78, 5) is 11.5. The lowest BCUT2D eigenvalue weighted by molar-refractivity contribution is -0.117. The molecular weight excluding hydrogens is 236 g/mol. The van der Waals surface area contributed by atoms with Gasteiger partial charge in [-0.3, -0.25) is 4.79 Å². The van der Waals surface area contributed by atoms with Crippen LogP contribution in [0.3, 0.4) is 0 Å². The minimum atomic E-state index is -0.419. The van der Waals surface area contributed by atoms with Crippen LogP contribution in [0.4, 0.5) is 0 Å². The zero-order chi connectivity index (χ0) is 13.8. The lowest BCUT2D eigenvalue weighted by Crippen LogP contribution is -2.15. The van der Waals surface area contributed by atoms with Crippen molar-refractivity contribution < 1.29 is 9.90 Å². The number of aliphatic hydroxyl groups excluding tert-OH is 1. The van der Waals surface area contributed by atoms with Gasteiger partial charge in [-0.1, -0.05) is 19.1 Å². The van der Waals surface area contributed by atoms with Gasteiger partial charge in [-0.15, -0.1) is 11.8 Å². The number of hydrogen-bond donors (Lipinski definition) is 1. The molecule has 2 fully saturated rings. The highest BCUT2D eigenvalue weighted by atomic mass is 16.3. The van der Waals surface area contributed by atoms with Gasteiger partial charge in [0.25, 0.3) is 0 Å². The monoisotopic (exact) mass is 260 g/mol. The molecule has 0 bridgehead atoms. The van der Waals surface area contributed by atoms with Crippen LogP contribution in [0.2, 0.25) is 0 Å². The van der Waals surface area contributed by atoms with Gasteiger partial charge in [-0.05, 0) is 43.4 Å². The molecule has 2 heteroatoms. The second kappa shape index (κ2) is 6.39. The lowest BCUT2D eigenvalue weighted by Gasteiger charge is -2.16. The second-order valence-corrected chi connectivity index (χ2v) is 6.10. The fraction of sp³-hybridized carbons (Fsp3) is 0.706. The fourth-order valence-corrected chi connectivity index (χ4v) is 3.46. The van der Waals surface area contributed by atoms with Gasteiger partial charge in [-0.2, -0.15) is 0 Å². The van der Waals surface area contributed by atoms with Crippen LogP contribution in [0, 0.1) is 35.5 Å². The van der Waals surface area contributed by atoms with Gasteiger partial charge in [0.15, 0.2) is 0 Å². The van der Waals surface area contributed by atoms with Crippen LogP contribution in [0.15, 0.2) is 12.2 Å². The van der Waals surface area contributed by atoms with E-state index in [-0.39, 0.29) is 5.92 Å². The molecule has 0 aromatic heterocycles. The smallest absolute Gasteiger partial charge is 0.133 e. The van der Waals surface area contributed by atoms with Crippen LogP contribution in [0.25, 0.3) is 0 Å². The number of aliphatic hydroxyl groups is 1. The number of allylic oxidation sites excluding steroid dienone is 1. The average molecular weight is 260 g/mol. The predicted octanol–water partition coefficient (Wildman–Crippen LogP) is 2.96. The van der Waals surface area contributed by atoms with Crippen molar-refractivity contribution in [2.75, 3.05) is 0 Å². The van der Waals surface area contributed by atoms with Crippen molar-refractivity contribution in [3.63, 3.8) is 0 Å². The second-order valence-electron chi connectivity index (χ2n) is 6.10. The molecule has 2 rings (SSSR count). The zero-order valence-corrected chi connectivity index (χ0v) is 11.9. The molecule has 0 aromatic carbocycles. The van der Waals surface area contributed by atoms with Gasteiger partial charge in [-0.25, -0.2) is 0 Å². The Kier molecular flexibility index (Phi) is 4.82. The third kappa shape index (κ3) is 3.48. The van der Waals surface area contributed by atoms with E-state index in [1.54, 1.807) is 0 Å². The summed E-state index contributed by atoms with van der Waals surface area (Å²) in [5, 5.41) is 10.1. The van der Waals surface area contributed by atoms with Crippen molar-refractivity contribution in [1.29, 1.82) is 0 Å². The summed E-state index contributed by atoms with van der Waals surface area (Å²) in [7, 11) is 0. The molecule has 1 N–H and O–H groups in total. The summed E-state index contributed by atoms with van der Waals surface area (Å²) in [6, 6.07) is 0. The Hall–Kier alpha value is -1.07. The molecular formula is C17H24O2. The summed E-state index contributed by atoms with van der Waals surface area (Å²) in [6.07, 6.45) is 8.30. The van der Waals surface area contributed by atoms with E-state index in [0.29, 0.717) is 23.5 Å². The Labute approximate surface area is 116 Å².